The fourth-order valence-corrected chi connectivity index (χ4v) is 4.33. The van der Waals surface area contributed by atoms with E-state index in [1.54, 1.807) is 0 Å². The number of rotatable bonds is 3. The van der Waals surface area contributed by atoms with Gasteiger partial charge in [-0.05, 0) is 35.7 Å². The number of non-ortho nitro benzene ring substituents is 1. The van der Waals surface area contributed by atoms with Gasteiger partial charge in [0.25, 0.3) is 11.6 Å². The molecule has 0 aliphatic carbocycles. The molecule has 6 nitrogen and oxygen atoms in total. The first kappa shape index (κ1) is 18.1. The van der Waals surface area contributed by atoms with Crippen molar-refractivity contribution in [3.63, 3.8) is 0 Å². The summed E-state index contributed by atoms with van der Waals surface area (Å²) >= 11 is 0. The van der Waals surface area contributed by atoms with Crippen molar-refractivity contribution in [2.75, 3.05) is 6.54 Å². The number of nitro groups is 1. The number of aromatic nitrogens is 1. The van der Waals surface area contributed by atoms with Gasteiger partial charge in [-0.25, -0.2) is 0 Å². The summed E-state index contributed by atoms with van der Waals surface area (Å²) in [6.45, 7) is 0.574. The van der Waals surface area contributed by atoms with Crippen LogP contribution >= 0.6 is 0 Å². The quantitative estimate of drug-likeness (QED) is 0.396. The molecule has 30 heavy (non-hydrogen) atoms. The molecule has 0 bridgehead atoms. The highest BCUT2D eigenvalue weighted by atomic mass is 16.6. The number of aromatic amines is 1. The number of carbonyl (C=O) groups is 1. The zero-order chi connectivity index (χ0) is 20.7. The molecule has 0 fully saturated rings. The van der Waals surface area contributed by atoms with Gasteiger partial charge >= 0.3 is 0 Å². The lowest BCUT2D eigenvalue weighted by atomic mass is 9.91. The van der Waals surface area contributed by atoms with Gasteiger partial charge in [0.15, 0.2) is 0 Å². The van der Waals surface area contributed by atoms with E-state index in [2.05, 4.69) is 17.1 Å². The first-order valence-corrected chi connectivity index (χ1v) is 9.83. The summed E-state index contributed by atoms with van der Waals surface area (Å²) in [5.41, 5.74) is 4.79. The van der Waals surface area contributed by atoms with E-state index in [1.807, 2.05) is 47.4 Å². The van der Waals surface area contributed by atoms with Crippen LogP contribution in [0.3, 0.4) is 0 Å². The van der Waals surface area contributed by atoms with Crippen molar-refractivity contribution < 1.29 is 9.72 Å². The molecular formula is C24H19N3O3. The van der Waals surface area contributed by atoms with Crippen LogP contribution in [0.1, 0.15) is 33.2 Å². The van der Waals surface area contributed by atoms with Crippen LogP contribution in [-0.2, 0) is 6.42 Å². The Morgan fingerprint density at radius 3 is 2.40 bits per heavy atom. The molecule has 0 saturated carbocycles. The number of fused-ring (bicyclic) bond motifs is 3. The van der Waals surface area contributed by atoms with Crippen LogP contribution in [0.15, 0.2) is 78.9 Å². The third-order valence-corrected chi connectivity index (χ3v) is 5.74. The number of nitro benzene ring substituents is 1. The molecule has 6 heteroatoms. The minimum absolute atomic E-state index is 0.0253. The van der Waals surface area contributed by atoms with E-state index in [1.165, 1.54) is 35.2 Å². The fraction of sp³-hybridized carbons (Fsp3) is 0.125. The molecule has 2 heterocycles. The molecule has 0 radical (unpaired) electrons. The number of nitrogens with one attached hydrogen (secondary N) is 1. The minimum Gasteiger partial charge on any atom is -0.356 e. The number of amides is 1. The monoisotopic (exact) mass is 397 g/mol. The number of para-hydroxylation sites is 1. The van der Waals surface area contributed by atoms with Gasteiger partial charge in [-0.2, -0.15) is 0 Å². The van der Waals surface area contributed by atoms with E-state index < -0.39 is 4.92 Å². The summed E-state index contributed by atoms with van der Waals surface area (Å²) in [5, 5.41) is 12.1. The predicted octanol–water partition coefficient (Wildman–Crippen LogP) is 4.86. The molecule has 0 saturated heterocycles. The second-order valence-corrected chi connectivity index (χ2v) is 7.43. The molecule has 1 unspecified atom stereocenters. The first-order valence-electron chi connectivity index (χ1n) is 9.83. The highest BCUT2D eigenvalue weighted by molar-refractivity contribution is 5.96. The first-order chi connectivity index (χ1) is 14.6. The standard InChI is InChI=1S/C24H19N3O3/c28-24(17-10-12-18(13-11-17)27(29)30)26-15-14-20-19-8-4-5-9-21(19)25-22(20)23(26)16-6-2-1-3-7-16/h1-13,23,25H,14-15H2. The van der Waals surface area contributed by atoms with Crippen LogP contribution in [0.25, 0.3) is 10.9 Å². The average Bonchev–Trinajstić information content (AvgIpc) is 3.17. The minimum atomic E-state index is -0.460. The van der Waals surface area contributed by atoms with Crippen molar-refractivity contribution in [3.8, 4) is 0 Å². The molecule has 0 spiro atoms. The molecule has 1 amide bonds. The van der Waals surface area contributed by atoms with Gasteiger partial charge in [0, 0.05) is 40.8 Å². The topological polar surface area (TPSA) is 79.2 Å². The summed E-state index contributed by atoms with van der Waals surface area (Å²) in [5.74, 6) is -0.136. The molecule has 1 atom stereocenters. The van der Waals surface area contributed by atoms with Gasteiger partial charge in [0.2, 0.25) is 0 Å². The molecule has 1 N–H and O–H groups in total. The van der Waals surface area contributed by atoms with E-state index in [0.29, 0.717) is 12.1 Å². The Hall–Kier alpha value is -3.93. The summed E-state index contributed by atoms with van der Waals surface area (Å²) < 4.78 is 0. The summed E-state index contributed by atoms with van der Waals surface area (Å²) in [4.78, 5) is 29.3. The van der Waals surface area contributed by atoms with E-state index in [9.17, 15) is 14.9 Å². The number of carbonyl (C=O) groups excluding carboxylic acids is 1. The number of hydrogen-bond donors (Lipinski definition) is 1. The van der Waals surface area contributed by atoms with Crippen molar-refractivity contribution in [2.24, 2.45) is 0 Å². The summed E-state index contributed by atoms with van der Waals surface area (Å²) in [6, 6.07) is 23.7. The van der Waals surface area contributed by atoms with Crippen LogP contribution in [0.4, 0.5) is 5.69 Å². The molecule has 1 aromatic heterocycles. The van der Waals surface area contributed by atoms with Gasteiger partial charge in [-0.1, -0.05) is 48.5 Å². The van der Waals surface area contributed by atoms with E-state index >= 15 is 0 Å². The van der Waals surface area contributed by atoms with Gasteiger partial charge in [-0.15, -0.1) is 0 Å². The van der Waals surface area contributed by atoms with E-state index in [-0.39, 0.29) is 17.6 Å². The van der Waals surface area contributed by atoms with Crippen molar-refractivity contribution >= 4 is 22.5 Å². The van der Waals surface area contributed by atoms with Crippen LogP contribution in [0.5, 0.6) is 0 Å². The van der Waals surface area contributed by atoms with Crippen LogP contribution in [0, 0.1) is 10.1 Å². The number of benzene rings is 3. The molecule has 4 aromatic rings. The Kier molecular flexibility index (Phi) is 4.32. The second kappa shape index (κ2) is 7.15. The fourth-order valence-electron chi connectivity index (χ4n) is 4.33. The zero-order valence-electron chi connectivity index (χ0n) is 16.1. The lowest BCUT2D eigenvalue weighted by Crippen LogP contribution is -2.40. The van der Waals surface area contributed by atoms with E-state index in [0.717, 1.165) is 23.2 Å². The van der Waals surface area contributed by atoms with Gasteiger partial charge in [0.1, 0.15) is 0 Å². The van der Waals surface area contributed by atoms with E-state index in [4.69, 9.17) is 0 Å². The smallest absolute Gasteiger partial charge is 0.269 e. The second-order valence-electron chi connectivity index (χ2n) is 7.43. The molecular weight excluding hydrogens is 378 g/mol. The van der Waals surface area contributed by atoms with Crippen molar-refractivity contribution in [1.82, 2.24) is 9.88 Å². The van der Waals surface area contributed by atoms with Crippen LogP contribution < -0.4 is 0 Å². The largest absolute Gasteiger partial charge is 0.356 e. The summed E-state index contributed by atoms with van der Waals surface area (Å²) in [6.07, 6.45) is 0.751. The highest BCUT2D eigenvalue weighted by Crippen LogP contribution is 2.39. The third kappa shape index (κ3) is 2.93. The van der Waals surface area contributed by atoms with Gasteiger partial charge in [-0.3, -0.25) is 14.9 Å². The third-order valence-electron chi connectivity index (χ3n) is 5.74. The van der Waals surface area contributed by atoms with Gasteiger partial charge in [0.05, 0.1) is 11.0 Å². The Morgan fingerprint density at radius 1 is 0.967 bits per heavy atom. The van der Waals surface area contributed by atoms with Gasteiger partial charge < -0.3 is 9.88 Å². The molecule has 148 valence electrons. The Balaban J connectivity index is 1.60. The van der Waals surface area contributed by atoms with Crippen molar-refractivity contribution in [3.05, 3.63) is 111 Å². The maximum atomic E-state index is 13.4. The lowest BCUT2D eigenvalue weighted by Gasteiger charge is -2.36. The van der Waals surface area contributed by atoms with Crippen LogP contribution in [0.2, 0.25) is 0 Å². The Bertz CT molecular complexity index is 1250. The highest BCUT2D eigenvalue weighted by Gasteiger charge is 2.34. The van der Waals surface area contributed by atoms with Crippen LogP contribution in [-0.4, -0.2) is 27.3 Å². The molecule has 1 aliphatic rings. The molecule has 1 aliphatic heterocycles. The molecule has 3 aromatic carbocycles. The Labute approximate surface area is 172 Å². The molecule has 5 rings (SSSR count). The normalized spacial score (nSPS) is 15.7. The van der Waals surface area contributed by atoms with Crippen molar-refractivity contribution in [1.29, 1.82) is 0 Å². The SMILES string of the molecule is O=C(c1ccc([N+](=O)[O-])cc1)N1CCc2c([nH]c3ccccc23)C1c1ccccc1. The maximum Gasteiger partial charge on any atom is 0.269 e. The maximum absolute atomic E-state index is 13.4. The Morgan fingerprint density at radius 2 is 1.67 bits per heavy atom. The lowest BCUT2D eigenvalue weighted by molar-refractivity contribution is -0.384. The number of hydrogen-bond acceptors (Lipinski definition) is 3. The predicted molar refractivity (Wildman–Crippen MR) is 114 cm³/mol. The number of H-pyrrole nitrogens is 1. The zero-order valence-corrected chi connectivity index (χ0v) is 16.1. The average molecular weight is 397 g/mol. The number of nitrogens with zero attached hydrogens (tertiary/aromatic N) is 2. The summed E-state index contributed by atoms with van der Waals surface area (Å²) in [7, 11) is 0. The van der Waals surface area contributed by atoms with Crippen molar-refractivity contribution in [2.45, 2.75) is 12.5 Å².